The molecule has 1 aliphatic heterocycles. The van der Waals surface area contributed by atoms with Crippen LogP contribution >= 0.6 is 0 Å². The molecule has 1 heterocycles. The Balaban J connectivity index is 1.95. The lowest BCUT2D eigenvalue weighted by atomic mass is 10.1. The predicted octanol–water partition coefficient (Wildman–Crippen LogP) is 3.04. The van der Waals surface area contributed by atoms with Crippen molar-refractivity contribution in [3.05, 3.63) is 47.5 Å². The molecule has 1 saturated heterocycles. The molecule has 7 nitrogen and oxygen atoms in total. The van der Waals surface area contributed by atoms with E-state index in [0.717, 1.165) is 6.42 Å². The second-order valence-corrected chi connectivity index (χ2v) is 10.5. The maximum atomic E-state index is 12.9. The maximum Gasteiger partial charge on any atom is 0.262 e. The zero-order chi connectivity index (χ0) is 20.5. The molecule has 28 heavy (non-hydrogen) atoms. The van der Waals surface area contributed by atoms with E-state index in [1.54, 1.807) is 44.2 Å². The molecule has 9 heteroatoms. The molecule has 0 spiro atoms. The SMILES string of the molecule is COc1ccc(NS(=O)(=O)c2cc(C)c(N3CCCCS3(=O)=O)cc2C)cc1. The van der Waals surface area contributed by atoms with E-state index < -0.39 is 20.0 Å². The minimum atomic E-state index is -3.82. The molecule has 1 fully saturated rings. The van der Waals surface area contributed by atoms with Crippen molar-refractivity contribution < 1.29 is 21.6 Å². The van der Waals surface area contributed by atoms with Crippen LogP contribution in [-0.4, -0.2) is 36.2 Å². The normalized spacial score (nSPS) is 16.6. The first kappa shape index (κ1) is 20.5. The fourth-order valence-electron chi connectivity index (χ4n) is 3.26. The van der Waals surface area contributed by atoms with Crippen LogP contribution in [0.5, 0.6) is 5.75 Å². The highest BCUT2D eigenvalue weighted by molar-refractivity contribution is 7.93. The smallest absolute Gasteiger partial charge is 0.262 e. The Morgan fingerprint density at radius 3 is 2.32 bits per heavy atom. The molecule has 2 aromatic rings. The Kier molecular flexibility index (Phi) is 5.58. The van der Waals surface area contributed by atoms with Gasteiger partial charge >= 0.3 is 0 Å². The van der Waals surface area contributed by atoms with Gasteiger partial charge in [0.2, 0.25) is 10.0 Å². The molecule has 0 amide bonds. The molecule has 2 aromatic carbocycles. The highest BCUT2D eigenvalue weighted by atomic mass is 32.2. The monoisotopic (exact) mass is 424 g/mol. The largest absolute Gasteiger partial charge is 0.497 e. The average molecular weight is 425 g/mol. The fourth-order valence-corrected chi connectivity index (χ4v) is 6.33. The van der Waals surface area contributed by atoms with Crippen LogP contribution in [0.4, 0.5) is 11.4 Å². The summed E-state index contributed by atoms with van der Waals surface area (Å²) in [5.74, 6) is 0.743. The van der Waals surface area contributed by atoms with Crippen molar-refractivity contribution in [3.8, 4) is 5.75 Å². The molecule has 0 unspecified atom stereocenters. The zero-order valence-electron chi connectivity index (χ0n) is 16.1. The molecular weight excluding hydrogens is 400 g/mol. The van der Waals surface area contributed by atoms with Gasteiger partial charge in [0.15, 0.2) is 0 Å². The number of aryl methyl sites for hydroxylation is 2. The lowest BCUT2D eigenvalue weighted by Crippen LogP contribution is -2.38. The Hall–Kier alpha value is -2.26. The number of sulfonamides is 2. The molecule has 3 rings (SSSR count). The van der Waals surface area contributed by atoms with Crippen LogP contribution in [0.15, 0.2) is 41.3 Å². The maximum absolute atomic E-state index is 12.9. The Labute approximate surface area is 166 Å². The molecule has 1 aliphatic rings. The van der Waals surface area contributed by atoms with Crippen molar-refractivity contribution in [1.82, 2.24) is 0 Å². The number of benzene rings is 2. The number of methoxy groups -OCH3 is 1. The quantitative estimate of drug-likeness (QED) is 0.796. The van der Waals surface area contributed by atoms with Crippen LogP contribution in [0.3, 0.4) is 0 Å². The summed E-state index contributed by atoms with van der Waals surface area (Å²) in [6.45, 7) is 3.81. The van der Waals surface area contributed by atoms with Gasteiger partial charge < -0.3 is 4.74 Å². The van der Waals surface area contributed by atoms with Gasteiger partial charge in [0.25, 0.3) is 10.0 Å². The second-order valence-electron chi connectivity index (χ2n) is 6.83. The van der Waals surface area contributed by atoms with Crippen molar-refractivity contribution in [2.24, 2.45) is 0 Å². The summed E-state index contributed by atoms with van der Waals surface area (Å²) in [5, 5.41) is 0. The van der Waals surface area contributed by atoms with Gasteiger partial charge in [-0.25, -0.2) is 16.8 Å². The third-order valence-corrected chi connectivity index (χ3v) is 8.12. The second kappa shape index (κ2) is 7.63. The summed E-state index contributed by atoms with van der Waals surface area (Å²) < 4.78 is 59.6. The van der Waals surface area contributed by atoms with Crippen molar-refractivity contribution in [1.29, 1.82) is 0 Å². The zero-order valence-corrected chi connectivity index (χ0v) is 17.7. The van der Waals surface area contributed by atoms with Gasteiger partial charge in [0, 0.05) is 12.2 Å². The first-order valence-electron chi connectivity index (χ1n) is 8.92. The highest BCUT2D eigenvalue weighted by Crippen LogP contribution is 2.32. The molecule has 0 aliphatic carbocycles. The van der Waals surface area contributed by atoms with Gasteiger partial charge in [0.1, 0.15) is 5.75 Å². The Bertz CT molecular complexity index is 1080. The number of rotatable bonds is 5. The van der Waals surface area contributed by atoms with Crippen molar-refractivity contribution in [2.45, 2.75) is 31.6 Å². The van der Waals surface area contributed by atoms with Crippen molar-refractivity contribution >= 4 is 31.4 Å². The minimum absolute atomic E-state index is 0.116. The lowest BCUT2D eigenvalue weighted by Gasteiger charge is -2.30. The standard InChI is InChI=1S/C19H24N2O5S2/c1-14-13-19(28(24,25)20-16-6-8-17(26-3)9-7-16)15(2)12-18(14)21-10-4-5-11-27(21,22)23/h6-9,12-13,20H,4-5,10-11H2,1-3H3. The first-order valence-corrected chi connectivity index (χ1v) is 12.0. The Morgan fingerprint density at radius 2 is 1.71 bits per heavy atom. The van der Waals surface area contributed by atoms with Gasteiger partial charge in [0.05, 0.1) is 23.4 Å². The van der Waals surface area contributed by atoms with E-state index in [-0.39, 0.29) is 10.6 Å². The van der Waals surface area contributed by atoms with Gasteiger partial charge in [-0.3, -0.25) is 9.03 Å². The molecule has 0 bridgehead atoms. The summed E-state index contributed by atoms with van der Waals surface area (Å²) in [4.78, 5) is 0.124. The van der Waals surface area contributed by atoms with Gasteiger partial charge in [-0.1, -0.05) is 0 Å². The topological polar surface area (TPSA) is 92.8 Å². The van der Waals surface area contributed by atoms with E-state index in [0.29, 0.717) is 41.2 Å². The van der Waals surface area contributed by atoms with E-state index >= 15 is 0 Å². The van der Waals surface area contributed by atoms with E-state index in [9.17, 15) is 16.8 Å². The van der Waals surface area contributed by atoms with E-state index in [1.165, 1.54) is 17.5 Å². The first-order chi connectivity index (χ1) is 13.1. The Morgan fingerprint density at radius 1 is 1.04 bits per heavy atom. The summed E-state index contributed by atoms with van der Waals surface area (Å²) in [7, 11) is -5.65. The average Bonchev–Trinajstić information content (AvgIpc) is 2.63. The number of anilines is 2. The van der Waals surface area contributed by atoms with Gasteiger partial charge in [-0.2, -0.15) is 0 Å². The summed E-state index contributed by atoms with van der Waals surface area (Å²) >= 11 is 0. The molecule has 152 valence electrons. The fraction of sp³-hybridized carbons (Fsp3) is 0.368. The summed E-state index contributed by atoms with van der Waals surface area (Å²) in [5.41, 5.74) is 2.05. The molecule has 0 saturated carbocycles. The lowest BCUT2D eigenvalue weighted by molar-refractivity contribution is 0.415. The summed E-state index contributed by atoms with van der Waals surface area (Å²) in [6, 6.07) is 9.74. The van der Waals surface area contributed by atoms with E-state index in [1.807, 2.05) is 0 Å². The van der Waals surface area contributed by atoms with Crippen LogP contribution in [-0.2, 0) is 20.0 Å². The highest BCUT2D eigenvalue weighted by Gasteiger charge is 2.28. The van der Waals surface area contributed by atoms with Gasteiger partial charge in [-0.15, -0.1) is 0 Å². The van der Waals surface area contributed by atoms with Crippen molar-refractivity contribution in [3.63, 3.8) is 0 Å². The number of nitrogens with zero attached hydrogens (tertiary/aromatic N) is 1. The molecular formula is C19H24N2O5S2. The number of ether oxygens (including phenoxy) is 1. The van der Waals surface area contributed by atoms with Crippen LogP contribution in [0.2, 0.25) is 0 Å². The van der Waals surface area contributed by atoms with E-state index in [4.69, 9.17) is 4.74 Å². The minimum Gasteiger partial charge on any atom is -0.497 e. The molecule has 0 atom stereocenters. The number of hydrogen-bond acceptors (Lipinski definition) is 5. The van der Waals surface area contributed by atoms with Crippen LogP contribution < -0.4 is 13.8 Å². The van der Waals surface area contributed by atoms with E-state index in [2.05, 4.69) is 4.72 Å². The predicted molar refractivity (Wildman–Crippen MR) is 110 cm³/mol. The number of hydrogen-bond donors (Lipinski definition) is 1. The van der Waals surface area contributed by atoms with Crippen LogP contribution in [0, 0.1) is 13.8 Å². The molecule has 0 radical (unpaired) electrons. The van der Waals surface area contributed by atoms with Gasteiger partial charge in [-0.05, 0) is 74.2 Å². The number of nitrogens with one attached hydrogen (secondary N) is 1. The summed E-state index contributed by atoms with van der Waals surface area (Å²) in [6.07, 6.45) is 1.44. The molecule has 0 aromatic heterocycles. The third kappa shape index (κ3) is 4.10. The van der Waals surface area contributed by atoms with Crippen LogP contribution in [0.1, 0.15) is 24.0 Å². The van der Waals surface area contributed by atoms with Crippen LogP contribution in [0.25, 0.3) is 0 Å². The van der Waals surface area contributed by atoms with Crippen molar-refractivity contribution in [2.75, 3.05) is 28.4 Å². The molecule has 1 N–H and O–H groups in total. The third-order valence-electron chi connectivity index (χ3n) is 4.74.